The molecule has 0 aliphatic rings. The van der Waals surface area contributed by atoms with E-state index in [0.717, 1.165) is 26.5 Å². The Labute approximate surface area is 421 Å². The molecule has 0 atom stereocenters. The fourth-order valence-electron chi connectivity index (χ4n) is 3.80. The minimum atomic E-state index is -0.900. The lowest BCUT2D eigenvalue weighted by atomic mass is 10.4. The van der Waals surface area contributed by atoms with E-state index in [1.807, 2.05) is 0 Å². The number of carbonyl (C=O) groups excluding carboxylic acids is 3. The van der Waals surface area contributed by atoms with Gasteiger partial charge < -0.3 is 52.0 Å². The Bertz CT molecular complexity index is 2860. The highest BCUT2D eigenvalue weighted by molar-refractivity contribution is 9.93. The smallest absolute Gasteiger partial charge is 0.381 e. The molecular weight excluding hydrogens is 1450 g/mol. The number of furan rings is 5. The van der Waals surface area contributed by atoms with E-state index in [9.17, 15) is 44.2 Å². The maximum atomic E-state index is 11.1. The lowest BCUT2D eigenvalue weighted by Gasteiger charge is -1.93. The van der Waals surface area contributed by atoms with Crippen molar-refractivity contribution in [2.24, 2.45) is 0 Å². The maximum Gasteiger partial charge on any atom is 0.381 e. The van der Waals surface area contributed by atoms with Crippen molar-refractivity contribution in [1.82, 2.24) is 19.9 Å². The second-order valence-corrected chi connectivity index (χ2v) is 15.4. The van der Waals surface area contributed by atoms with E-state index in [0.29, 0.717) is 33.8 Å². The van der Waals surface area contributed by atoms with Crippen LogP contribution in [-0.4, -0.2) is 69.0 Å². The van der Waals surface area contributed by atoms with E-state index in [1.54, 1.807) is 0 Å². The van der Waals surface area contributed by atoms with Crippen molar-refractivity contribution in [3.63, 3.8) is 0 Å². The van der Waals surface area contributed by atoms with Crippen LogP contribution in [0.5, 0.6) is 0 Å². The van der Waals surface area contributed by atoms with E-state index < -0.39 is 39.2 Å². The van der Waals surface area contributed by atoms with Gasteiger partial charge in [0.1, 0.15) is 27.5 Å². The van der Waals surface area contributed by atoms with Crippen LogP contribution in [0, 0.1) is 20.2 Å². The molecule has 0 saturated carbocycles. The second kappa shape index (κ2) is 26.1. The molecule has 7 aromatic heterocycles. The van der Waals surface area contributed by atoms with Crippen LogP contribution in [0.1, 0.15) is 31.7 Å². The van der Waals surface area contributed by atoms with Crippen LogP contribution < -0.4 is 16.9 Å². The van der Waals surface area contributed by atoms with Gasteiger partial charge in [0.2, 0.25) is 16.9 Å². The Morgan fingerprint density at radius 3 is 1.62 bits per heavy atom. The normalized spacial score (nSPS) is 9.90. The summed E-state index contributed by atoms with van der Waals surface area (Å²) in [5.74, 6) is -3.19. The molecule has 0 amide bonds. The summed E-state index contributed by atoms with van der Waals surface area (Å²) in [7, 11) is 3.48. The van der Waals surface area contributed by atoms with Gasteiger partial charge in [-0.3, -0.25) is 29.8 Å². The predicted molar refractivity (Wildman–Crippen MR) is 249 cm³/mol. The van der Waals surface area contributed by atoms with E-state index in [4.69, 9.17) is 23.4 Å². The average molecular weight is 1470 g/mol. The van der Waals surface area contributed by atoms with Crippen LogP contribution in [0.2, 0.25) is 0 Å². The standard InChI is InChI=1S/C6H2Br2N2O2.C6H3Br2NO5.C6H5Br2NO3.C6H3BrN2O2.C6H5NO5.Br2/c7-2-3-4(12-5(2)8)6(11)10-1-9-3;1-13-6(10)4-3(9(11)12)2(7)5(8)14-4;1-11-6(10)4-3(9)2(7)5(8)12-4;7-3-1-11-5-4(3)8-2-9-6(5)10;1-11-6(8)5-4(7(9)10)2-3-12-5;1-2/h1H,(H,9,10,11);1H3;9H2,1H3;1-2H,(H,8,9,10);2-3H,1H3;. The van der Waals surface area contributed by atoms with Gasteiger partial charge in [-0.25, -0.2) is 24.4 Å². The average Bonchev–Trinajstić information content (AvgIpc) is 4.09. The lowest BCUT2D eigenvalue weighted by Crippen LogP contribution is -2.03. The molecule has 7 heterocycles. The van der Waals surface area contributed by atoms with Crippen LogP contribution in [0.4, 0.5) is 17.1 Å². The monoisotopic (exact) mass is 1460 g/mol. The van der Waals surface area contributed by atoms with Crippen LogP contribution in [0.25, 0.3) is 22.2 Å². The minimum absolute atomic E-state index is 0.00347. The van der Waals surface area contributed by atoms with Gasteiger partial charge in [0.15, 0.2) is 14.0 Å². The highest BCUT2D eigenvalue weighted by atomic mass is 80.9. The Hall–Kier alpha value is -3.99. The molecule has 4 N–H and O–H groups in total. The number of nitro groups is 2. The van der Waals surface area contributed by atoms with E-state index in [1.165, 1.54) is 26.0 Å². The summed E-state index contributed by atoms with van der Waals surface area (Å²) in [4.78, 5) is 86.9. The zero-order valence-corrected chi connectivity index (χ0v) is 44.9. The van der Waals surface area contributed by atoms with Gasteiger partial charge in [0.05, 0.1) is 69.6 Å². The van der Waals surface area contributed by atoms with Gasteiger partial charge in [-0.15, -0.1) is 0 Å². The fourth-order valence-corrected chi connectivity index (χ4v) is 6.28. The number of nitrogens with zero attached hydrogens (tertiary/aromatic N) is 4. The number of anilines is 1. The first-order valence-corrected chi connectivity index (χ1v) is 24.4. The molecule has 0 radical (unpaired) electrons. The summed E-state index contributed by atoms with van der Waals surface area (Å²) in [6.07, 6.45) is 5.17. The number of hydrogen-bond acceptors (Lipinski definition) is 20. The first-order chi connectivity index (χ1) is 29.7. The Kier molecular flexibility index (Phi) is 22.8. The van der Waals surface area contributed by atoms with Crippen molar-refractivity contribution in [3.05, 3.63) is 121 Å². The molecule has 0 bridgehead atoms. The van der Waals surface area contributed by atoms with E-state index in [-0.39, 0.29) is 54.3 Å². The highest BCUT2D eigenvalue weighted by Crippen LogP contribution is 2.39. The van der Waals surface area contributed by atoms with Gasteiger partial charge >= 0.3 is 29.3 Å². The number of nitrogen functional groups attached to an aromatic ring is 1. The number of aromatic amines is 2. The number of nitrogens with one attached hydrogen (secondary N) is 2. The number of aromatic nitrogens is 4. The molecule has 7 rings (SSSR count). The molecule has 0 aliphatic carbocycles. The number of methoxy groups -OCH3 is 3. The third-order valence-electron chi connectivity index (χ3n) is 6.47. The summed E-state index contributed by atoms with van der Waals surface area (Å²) in [6, 6.07) is 1.09. The van der Waals surface area contributed by atoms with Gasteiger partial charge in [-0.2, -0.15) is 0 Å². The number of rotatable bonds is 5. The maximum absolute atomic E-state index is 11.1. The lowest BCUT2D eigenvalue weighted by molar-refractivity contribution is -0.386. The molecule has 7 aromatic rings. The third-order valence-corrected chi connectivity index (χ3v) is 12.6. The Balaban J connectivity index is 0.000000268. The predicted octanol–water partition coefficient (Wildman–Crippen LogP) is 10.7. The number of H-pyrrole nitrogens is 2. The van der Waals surface area contributed by atoms with Crippen molar-refractivity contribution in [1.29, 1.82) is 0 Å². The molecule has 63 heavy (non-hydrogen) atoms. The highest BCUT2D eigenvalue weighted by Gasteiger charge is 2.32. The molecule has 0 spiro atoms. The van der Waals surface area contributed by atoms with E-state index in [2.05, 4.69) is 178 Å². The summed E-state index contributed by atoms with van der Waals surface area (Å²) in [5.41, 5.74) is 5.88. The topological polar surface area (TPSA) is 348 Å². The number of fused-ring (bicyclic) bond motifs is 2. The zero-order chi connectivity index (χ0) is 47.9. The minimum Gasteiger partial charge on any atom is -0.463 e. The SMILES string of the molecule is BrBr.COC(=O)c1oc(Br)c(Br)c1N.COC(=O)c1oc(Br)c(Br)c1[N+](=O)[O-].COC(=O)c1occc1[N+](=O)[O-].O=c1[nH]cnc2c(Br)c(Br)oc12.O=c1[nH]cnc2c(Br)coc12. The van der Waals surface area contributed by atoms with Crippen LogP contribution in [0.3, 0.4) is 0 Å². The third kappa shape index (κ3) is 14.2. The fraction of sp³-hybridized carbons (Fsp3) is 0.100. The van der Waals surface area contributed by atoms with Crippen molar-refractivity contribution in [2.45, 2.75) is 0 Å². The van der Waals surface area contributed by atoms with Crippen LogP contribution in [0.15, 0.2) is 94.8 Å². The van der Waals surface area contributed by atoms with Crippen molar-refractivity contribution in [3.8, 4) is 0 Å². The molecular formula is C30H18Br9N7O17. The van der Waals surface area contributed by atoms with Gasteiger partial charge in [0.25, 0.3) is 22.6 Å². The molecule has 0 aliphatic heterocycles. The number of esters is 3. The number of carbonyl (C=O) groups is 3. The number of hydrogen-bond donors (Lipinski definition) is 3. The first-order valence-electron chi connectivity index (χ1n) is 15.1. The second-order valence-electron chi connectivity index (χ2n) is 10.0. The van der Waals surface area contributed by atoms with Gasteiger partial charge in [0, 0.05) is 28.3 Å². The van der Waals surface area contributed by atoms with Crippen LogP contribution in [-0.2, 0) is 14.2 Å². The molecule has 0 unspecified atom stereocenters. The molecule has 0 aromatic carbocycles. The number of halogens is 9. The van der Waals surface area contributed by atoms with Gasteiger partial charge in [-0.05, 0) is 112 Å². The van der Waals surface area contributed by atoms with Crippen molar-refractivity contribution < 1.29 is 60.5 Å². The van der Waals surface area contributed by atoms with Gasteiger partial charge in [-0.1, -0.05) is 0 Å². The van der Waals surface area contributed by atoms with E-state index >= 15 is 0 Å². The largest absolute Gasteiger partial charge is 0.463 e. The van der Waals surface area contributed by atoms with Crippen LogP contribution >= 0.6 is 140 Å². The first kappa shape index (κ1) is 55.1. The number of ether oxygens (including phenoxy) is 3. The van der Waals surface area contributed by atoms with Crippen molar-refractivity contribution >= 4 is 197 Å². The zero-order valence-electron chi connectivity index (χ0n) is 30.6. The quantitative estimate of drug-likeness (QED) is 0.0624. The Morgan fingerprint density at radius 2 is 1.14 bits per heavy atom. The summed E-state index contributed by atoms with van der Waals surface area (Å²) < 4.78 is 40.2. The molecule has 24 nitrogen and oxygen atoms in total. The van der Waals surface area contributed by atoms with Crippen molar-refractivity contribution in [2.75, 3.05) is 27.1 Å². The molecule has 33 heteroatoms. The molecule has 338 valence electrons. The summed E-state index contributed by atoms with van der Waals surface area (Å²) in [5, 5.41) is 20.8. The number of nitrogens with two attached hydrogens (primary N) is 1. The Morgan fingerprint density at radius 1 is 0.667 bits per heavy atom. The summed E-state index contributed by atoms with van der Waals surface area (Å²) in [6.45, 7) is 0. The molecule has 0 saturated heterocycles. The molecule has 0 fully saturated rings. The summed E-state index contributed by atoms with van der Waals surface area (Å²) >= 11 is 27.1.